The van der Waals surface area contributed by atoms with Crippen molar-refractivity contribution < 1.29 is 0 Å². The van der Waals surface area contributed by atoms with Crippen molar-refractivity contribution >= 4 is 76.5 Å². The Bertz CT molecular complexity index is 3110. The van der Waals surface area contributed by atoms with Gasteiger partial charge < -0.3 is 14.1 Å². The van der Waals surface area contributed by atoms with Gasteiger partial charge >= 0.3 is 0 Å². The minimum Gasteiger partial charge on any atom is -0.354 e. The van der Waals surface area contributed by atoms with E-state index in [-0.39, 0.29) is 0 Å². The number of aromatic amines is 1. The molecule has 0 unspecified atom stereocenters. The van der Waals surface area contributed by atoms with Crippen LogP contribution in [0.1, 0.15) is 0 Å². The summed E-state index contributed by atoms with van der Waals surface area (Å²) in [6.45, 7) is 0. The molecule has 49 heavy (non-hydrogen) atoms. The van der Waals surface area contributed by atoms with Crippen LogP contribution in [0.5, 0.6) is 0 Å². The Morgan fingerprint density at radius 3 is 2.00 bits per heavy atom. The highest BCUT2D eigenvalue weighted by atomic mass is 15.0. The third-order valence-corrected chi connectivity index (χ3v) is 10.1. The Morgan fingerprint density at radius 2 is 1.14 bits per heavy atom. The van der Waals surface area contributed by atoms with Gasteiger partial charge in [0.1, 0.15) is 0 Å². The summed E-state index contributed by atoms with van der Waals surface area (Å²) in [7, 11) is 0. The molecular weight excluding hydrogens is 599 g/mol. The summed E-state index contributed by atoms with van der Waals surface area (Å²) in [6.07, 6.45) is 1.89. The lowest BCUT2D eigenvalue weighted by Crippen LogP contribution is -1.97. The topological polar surface area (TPSA) is 51.4 Å². The lowest BCUT2D eigenvalue weighted by atomic mass is 10.0. The van der Waals surface area contributed by atoms with Crippen LogP contribution in [-0.4, -0.2) is 24.1 Å². The molecule has 0 saturated heterocycles. The van der Waals surface area contributed by atoms with E-state index < -0.39 is 0 Å². The number of nitrogens with zero attached hydrogens (tertiary/aromatic N) is 4. The number of aromatic nitrogens is 5. The summed E-state index contributed by atoms with van der Waals surface area (Å²) < 4.78 is 4.84. The summed E-state index contributed by atoms with van der Waals surface area (Å²) in [5.74, 6) is 0. The molecule has 4 aromatic heterocycles. The molecule has 1 N–H and O–H groups in total. The van der Waals surface area contributed by atoms with Gasteiger partial charge in [-0.2, -0.15) is 0 Å². The zero-order valence-corrected chi connectivity index (χ0v) is 26.3. The number of hydrogen-bond donors (Lipinski definition) is 1. The molecule has 7 aromatic carbocycles. The lowest BCUT2D eigenvalue weighted by molar-refractivity contribution is 1.16. The first kappa shape index (κ1) is 26.4. The number of hydrogen-bond acceptors (Lipinski definition) is 2. The summed E-state index contributed by atoms with van der Waals surface area (Å²) in [6, 6.07) is 54.1. The molecule has 11 aromatic rings. The molecule has 0 fully saturated rings. The minimum absolute atomic E-state index is 0.854. The highest BCUT2D eigenvalue weighted by molar-refractivity contribution is 6.26. The van der Waals surface area contributed by atoms with Crippen LogP contribution in [0.3, 0.4) is 0 Å². The second-order valence-corrected chi connectivity index (χ2v) is 12.7. The van der Waals surface area contributed by atoms with E-state index >= 15 is 0 Å². The van der Waals surface area contributed by atoms with Gasteiger partial charge in [-0.25, -0.2) is 4.98 Å². The zero-order valence-electron chi connectivity index (χ0n) is 26.3. The van der Waals surface area contributed by atoms with Gasteiger partial charge in [0.2, 0.25) is 0 Å². The van der Waals surface area contributed by atoms with Crippen molar-refractivity contribution in [1.82, 2.24) is 24.1 Å². The van der Waals surface area contributed by atoms with Crippen LogP contribution in [0.2, 0.25) is 0 Å². The summed E-state index contributed by atoms with van der Waals surface area (Å²) in [5, 5.41) is 7.30. The fourth-order valence-electron chi connectivity index (χ4n) is 7.99. The van der Waals surface area contributed by atoms with E-state index in [1.54, 1.807) is 0 Å². The first-order valence-electron chi connectivity index (χ1n) is 16.6. The number of nitrogens with one attached hydrogen (secondary N) is 1. The Labute approximate surface area is 280 Å². The Kier molecular flexibility index (Phi) is 5.32. The van der Waals surface area contributed by atoms with Crippen molar-refractivity contribution in [3.8, 4) is 22.6 Å². The van der Waals surface area contributed by atoms with Gasteiger partial charge in [0, 0.05) is 54.8 Å². The molecule has 4 heterocycles. The maximum atomic E-state index is 5.02. The molecule has 5 nitrogen and oxygen atoms in total. The molecule has 0 spiro atoms. The van der Waals surface area contributed by atoms with E-state index in [4.69, 9.17) is 9.97 Å². The van der Waals surface area contributed by atoms with Crippen molar-refractivity contribution in [2.45, 2.75) is 0 Å². The van der Waals surface area contributed by atoms with Crippen LogP contribution >= 0.6 is 0 Å². The molecule has 5 heteroatoms. The highest BCUT2D eigenvalue weighted by Gasteiger charge is 2.21. The van der Waals surface area contributed by atoms with Crippen molar-refractivity contribution in [1.29, 1.82) is 0 Å². The second kappa shape index (κ2) is 9.89. The maximum absolute atomic E-state index is 5.02. The van der Waals surface area contributed by atoms with Crippen LogP contribution in [0.25, 0.3) is 99.1 Å². The van der Waals surface area contributed by atoms with Gasteiger partial charge in [-0.15, -0.1) is 0 Å². The summed E-state index contributed by atoms with van der Waals surface area (Å²) in [4.78, 5) is 13.6. The third-order valence-electron chi connectivity index (χ3n) is 10.1. The van der Waals surface area contributed by atoms with Crippen molar-refractivity contribution in [3.63, 3.8) is 0 Å². The molecule has 0 bridgehead atoms. The van der Waals surface area contributed by atoms with Gasteiger partial charge in [0.15, 0.2) is 0 Å². The summed E-state index contributed by atoms with van der Waals surface area (Å²) in [5.41, 5.74) is 12.8. The van der Waals surface area contributed by atoms with Crippen LogP contribution in [-0.2, 0) is 0 Å². The predicted octanol–water partition coefficient (Wildman–Crippen LogP) is 11.1. The quantitative estimate of drug-likeness (QED) is 0.212. The average molecular weight is 626 g/mol. The standard InChI is InChI=1S/C44H27N5/c1-2-11-27(12-3-1)48-39-19-8-4-13-29(39)31-22-21-28(25-41(31)48)49-40-20-9-5-14-30(40)32-23-24-37-42(44(32)49)34-16-10-15-33(43(34)47-37)38-26-45-35-17-6-7-18-36(35)46-38/h1-26,47H. The minimum atomic E-state index is 0.854. The van der Waals surface area contributed by atoms with E-state index in [1.165, 1.54) is 49.0 Å². The average Bonchev–Trinajstić information content (AvgIpc) is 3.82. The van der Waals surface area contributed by atoms with Gasteiger partial charge in [-0.05, 0) is 54.6 Å². The zero-order chi connectivity index (χ0) is 32.1. The van der Waals surface area contributed by atoms with Crippen molar-refractivity contribution in [2.75, 3.05) is 0 Å². The monoisotopic (exact) mass is 625 g/mol. The molecule has 0 aliphatic heterocycles. The van der Waals surface area contributed by atoms with Gasteiger partial charge in [-0.1, -0.05) is 97.1 Å². The number of rotatable bonds is 3. The van der Waals surface area contributed by atoms with Gasteiger partial charge in [-0.3, -0.25) is 4.98 Å². The number of benzene rings is 7. The predicted molar refractivity (Wildman–Crippen MR) is 203 cm³/mol. The van der Waals surface area contributed by atoms with Crippen LogP contribution < -0.4 is 0 Å². The molecule has 0 aliphatic rings. The molecule has 0 amide bonds. The lowest BCUT2D eigenvalue weighted by Gasteiger charge is -2.12. The molecule has 228 valence electrons. The summed E-state index contributed by atoms with van der Waals surface area (Å²) >= 11 is 0. The maximum Gasteiger partial charge on any atom is 0.0914 e. The SMILES string of the molecule is c1ccc(-n2c3ccccc3c3ccc(-n4c5ccccc5c5ccc6[nH]c7c(-c8cnc9ccccc9n8)cccc7c6c54)cc32)cc1. The molecule has 11 rings (SSSR count). The van der Waals surface area contributed by atoms with Gasteiger partial charge in [0.25, 0.3) is 0 Å². The normalized spacial score (nSPS) is 12.1. The molecular formula is C44H27N5. The van der Waals surface area contributed by atoms with E-state index in [1.807, 2.05) is 30.5 Å². The first-order valence-corrected chi connectivity index (χ1v) is 16.6. The molecule has 0 aliphatic carbocycles. The second-order valence-electron chi connectivity index (χ2n) is 12.7. The van der Waals surface area contributed by atoms with E-state index in [0.717, 1.165) is 50.1 Å². The number of para-hydroxylation sites is 6. The Morgan fingerprint density at radius 1 is 0.469 bits per heavy atom. The largest absolute Gasteiger partial charge is 0.354 e. The third kappa shape index (κ3) is 3.70. The fourth-order valence-corrected chi connectivity index (χ4v) is 7.99. The van der Waals surface area contributed by atoms with Crippen molar-refractivity contribution in [2.24, 2.45) is 0 Å². The number of fused-ring (bicyclic) bond motifs is 11. The van der Waals surface area contributed by atoms with Gasteiger partial charge in [0.05, 0.1) is 50.5 Å². The smallest absolute Gasteiger partial charge is 0.0914 e. The number of H-pyrrole nitrogens is 1. The van der Waals surface area contributed by atoms with Crippen LogP contribution in [0.4, 0.5) is 0 Å². The molecule has 0 radical (unpaired) electrons. The highest BCUT2D eigenvalue weighted by Crippen LogP contribution is 2.42. The Balaban J connectivity index is 1.24. The van der Waals surface area contributed by atoms with E-state index in [9.17, 15) is 0 Å². The van der Waals surface area contributed by atoms with Crippen molar-refractivity contribution in [3.05, 3.63) is 158 Å². The van der Waals surface area contributed by atoms with E-state index in [2.05, 4.69) is 142 Å². The van der Waals surface area contributed by atoms with Crippen LogP contribution in [0, 0.1) is 0 Å². The first-order chi connectivity index (χ1) is 24.3. The Hall–Kier alpha value is -6.72. The van der Waals surface area contributed by atoms with Crippen LogP contribution in [0.15, 0.2) is 158 Å². The molecule has 0 saturated carbocycles. The van der Waals surface area contributed by atoms with E-state index in [0.29, 0.717) is 0 Å². The fraction of sp³-hybridized carbons (Fsp3) is 0. The molecule has 0 atom stereocenters.